The van der Waals surface area contributed by atoms with E-state index in [4.69, 9.17) is 4.74 Å². The number of nitrogens with zero attached hydrogens (tertiary/aromatic N) is 2. The van der Waals surface area contributed by atoms with E-state index < -0.39 is 0 Å². The zero-order valence-corrected chi connectivity index (χ0v) is 18.8. The third kappa shape index (κ3) is 5.25. The van der Waals surface area contributed by atoms with Crippen molar-refractivity contribution in [1.82, 2.24) is 4.90 Å². The van der Waals surface area contributed by atoms with Gasteiger partial charge < -0.3 is 14.5 Å². The van der Waals surface area contributed by atoms with E-state index >= 15 is 0 Å². The maximum Gasteiger partial charge on any atom is 0.255 e. The van der Waals surface area contributed by atoms with E-state index in [1.165, 1.54) is 10.6 Å². The van der Waals surface area contributed by atoms with E-state index in [0.29, 0.717) is 6.54 Å². The Morgan fingerprint density at radius 1 is 1.07 bits per heavy atom. The van der Waals surface area contributed by atoms with Crippen molar-refractivity contribution >= 4 is 34.7 Å². The average molecular weight is 439 g/mol. The Hall–Kier alpha value is -2.28. The van der Waals surface area contributed by atoms with Gasteiger partial charge in [0, 0.05) is 47.9 Å². The summed E-state index contributed by atoms with van der Waals surface area (Å²) < 4.78 is 5.43. The number of thiophene rings is 1. The number of rotatable bonds is 7. The molecular formula is C24H26N2O2S2. The fourth-order valence-electron chi connectivity index (χ4n) is 3.50. The van der Waals surface area contributed by atoms with Crippen molar-refractivity contribution in [3.05, 3.63) is 82.0 Å². The Kier molecular flexibility index (Phi) is 7.10. The van der Waals surface area contributed by atoms with Crippen molar-refractivity contribution in [2.24, 2.45) is 0 Å². The van der Waals surface area contributed by atoms with Crippen molar-refractivity contribution in [3.63, 3.8) is 0 Å². The van der Waals surface area contributed by atoms with Crippen LogP contribution in [0.5, 0.6) is 0 Å². The molecule has 4 nitrogen and oxygen atoms in total. The van der Waals surface area contributed by atoms with Crippen molar-refractivity contribution in [2.45, 2.75) is 17.2 Å². The van der Waals surface area contributed by atoms with Crippen LogP contribution in [0.1, 0.15) is 20.8 Å². The number of morpholine rings is 1. The zero-order chi connectivity index (χ0) is 20.8. The summed E-state index contributed by atoms with van der Waals surface area (Å²) in [6, 6.07) is 20.6. The summed E-state index contributed by atoms with van der Waals surface area (Å²) >= 11 is 3.47. The summed E-state index contributed by atoms with van der Waals surface area (Å²) in [6.07, 6.45) is 0. The molecule has 0 spiro atoms. The lowest BCUT2D eigenvalue weighted by Gasteiger charge is -2.29. The van der Waals surface area contributed by atoms with Gasteiger partial charge in [0.1, 0.15) is 0 Å². The molecule has 0 unspecified atom stereocenters. The molecule has 3 aromatic rings. The van der Waals surface area contributed by atoms with E-state index in [9.17, 15) is 4.79 Å². The van der Waals surface area contributed by atoms with Crippen molar-refractivity contribution in [3.8, 4) is 0 Å². The van der Waals surface area contributed by atoms with Crippen LogP contribution in [0.4, 0.5) is 5.69 Å². The molecule has 6 heteroatoms. The molecule has 1 aromatic heterocycles. The number of ether oxygens (including phenoxy) is 1. The SMILES string of the molecule is CN(Cc1ccc(N2CCOCC2)cc1)C(=O)c1ccccc1SCc1cccs1. The van der Waals surface area contributed by atoms with Crippen molar-refractivity contribution in [1.29, 1.82) is 0 Å². The summed E-state index contributed by atoms with van der Waals surface area (Å²) in [5, 5.41) is 2.09. The molecule has 1 amide bonds. The number of carbonyl (C=O) groups excluding carboxylic acids is 1. The van der Waals surface area contributed by atoms with Gasteiger partial charge in [0.25, 0.3) is 5.91 Å². The molecule has 4 rings (SSSR count). The van der Waals surface area contributed by atoms with E-state index in [1.54, 1.807) is 28.0 Å². The molecule has 0 aliphatic carbocycles. The normalized spacial score (nSPS) is 14.0. The fraction of sp³-hybridized carbons (Fsp3) is 0.292. The monoisotopic (exact) mass is 438 g/mol. The number of hydrogen-bond donors (Lipinski definition) is 0. The maximum absolute atomic E-state index is 13.1. The smallest absolute Gasteiger partial charge is 0.255 e. The first-order valence-corrected chi connectivity index (χ1v) is 12.0. The van der Waals surface area contributed by atoms with Gasteiger partial charge in [-0.1, -0.05) is 30.3 Å². The van der Waals surface area contributed by atoms with Crippen LogP contribution < -0.4 is 4.90 Å². The number of thioether (sulfide) groups is 1. The summed E-state index contributed by atoms with van der Waals surface area (Å²) in [4.78, 5) is 19.6. The molecule has 156 valence electrons. The highest BCUT2D eigenvalue weighted by Crippen LogP contribution is 2.29. The Morgan fingerprint density at radius 2 is 1.83 bits per heavy atom. The number of hydrogen-bond acceptors (Lipinski definition) is 5. The quantitative estimate of drug-likeness (QED) is 0.478. The van der Waals surface area contributed by atoms with E-state index in [2.05, 4.69) is 46.7 Å². The highest BCUT2D eigenvalue weighted by Gasteiger charge is 2.17. The topological polar surface area (TPSA) is 32.8 Å². The minimum atomic E-state index is 0.0570. The van der Waals surface area contributed by atoms with Gasteiger partial charge in [0.2, 0.25) is 0 Å². The predicted molar refractivity (Wildman–Crippen MR) is 126 cm³/mol. The lowest BCUT2D eigenvalue weighted by Crippen LogP contribution is -2.36. The number of anilines is 1. The molecule has 0 bridgehead atoms. The Bertz CT molecular complexity index is 952. The van der Waals surface area contributed by atoms with Crippen LogP contribution >= 0.6 is 23.1 Å². The second kappa shape index (κ2) is 10.2. The van der Waals surface area contributed by atoms with E-state index in [0.717, 1.165) is 48.1 Å². The molecule has 2 aromatic carbocycles. The standard InChI is InChI=1S/C24H26N2O2S2/c1-25(17-19-8-10-20(11-9-19)26-12-14-28-15-13-26)24(27)22-6-2-3-7-23(22)30-18-21-5-4-16-29-21/h2-11,16H,12-15,17-18H2,1H3. The number of amides is 1. The Balaban J connectivity index is 1.40. The lowest BCUT2D eigenvalue weighted by atomic mass is 10.1. The second-order valence-corrected chi connectivity index (χ2v) is 9.34. The average Bonchev–Trinajstić information content (AvgIpc) is 3.32. The molecule has 0 radical (unpaired) electrons. The van der Waals surface area contributed by atoms with Crippen LogP contribution in [0.2, 0.25) is 0 Å². The molecule has 2 heterocycles. The predicted octanol–water partition coefficient (Wildman–Crippen LogP) is 5.15. The number of benzene rings is 2. The first kappa shape index (κ1) is 21.0. The van der Waals surface area contributed by atoms with Gasteiger partial charge in [0.15, 0.2) is 0 Å². The Morgan fingerprint density at radius 3 is 2.57 bits per heavy atom. The third-order valence-electron chi connectivity index (χ3n) is 5.15. The largest absolute Gasteiger partial charge is 0.378 e. The van der Waals surface area contributed by atoms with Crippen molar-refractivity contribution < 1.29 is 9.53 Å². The summed E-state index contributed by atoms with van der Waals surface area (Å²) in [6.45, 7) is 4.01. The molecule has 0 atom stereocenters. The minimum Gasteiger partial charge on any atom is -0.378 e. The first-order valence-electron chi connectivity index (χ1n) is 10.1. The van der Waals surface area contributed by atoms with Gasteiger partial charge in [-0.15, -0.1) is 23.1 Å². The van der Waals surface area contributed by atoms with E-state index in [-0.39, 0.29) is 5.91 Å². The summed E-state index contributed by atoms with van der Waals surface area (Å²) in [5.74, 6) is 0.941. The molecule has 1 fully saturated rings. The maximum atomic E-state index is 13.1. The molecule has 1 aliphatic rings. The second-order valence-electron chi connectivity index (χ2n) is 7.29. The highest BCUT2D eigenvalue weighted by molar-refractivity contribution is 7.98. The van der Waals surface area contributed by atoms with Crippen molar-refractivity contribution in [2.75, 3.05) is 38.3 Å². The fourth-order valence-corrected chi connectivity index (χ4v) is 5.32. The van der Waals surface area contributed by atoms with Gasteiger partial charge in [-0.3, -0.25) is 4.79 Å². The molecule has 0 saturated carbocycles. The van der Waals surface area contributed by atoms with Crippen LogP contribution in [-0.2, 0) is 17.0 Å². The van der Waals surface area contributed by atoms with Gasteiger partial charge in [-0.2, -0.15) is 0 Å². The molecular weight excluding hydrogens is 412 g/mol. The molecule has 1 saturated heterocycles. The lowest BCUT2D eigenvalue weighted by molar-refractivity contribution is 0.0781. The van der Waals surface area contributed by atoms with Crippen LogP contribution in [0.15, 0.2) is 70.9 Å². The van der Waals surface area contributed by atoms with Gasteiger partial charge in [-0.05, 0) is 41.3 Å². The summed E-state index contributed by atoms with van der Waals surface area (Å²) in [5.41, 5.74) is 3.12. The third-order valence-corrected chi connectivity index (χ3v) is 7.33. The van der Waals surface area contributed by atoms with E-state index in [1.807, 2.05) is 31.3 Å². The van der Waals surface area contributed by atoms with Crippen LogP contribution in [-0.4, -0.2) is 44.2 Å². The minimum absolute atomic E-state index is 0.0570. The van der Waals surface area contributed by atoms with Gasteiger partial charge in [-0.25, -0.2) is 0 Å². The Labute approximate surface area is 186 Å². The van der Waals surface area contributed by atoms with Crippen LogP contribution in [0.25, 0.3) is 0 Å². The van der Waals surface area contributed by atoms with Gasteiger partial charge >= 0.3 is 0 Å². The highest BCUT2D eigenvalue weighted by atomic mass is 32.2. The zero-order valence-electron chi connectivity index (χ0n) is 17.1. The first-order chi connectivity index (χ1) is 14.7. The van der Waals surface area contributed by atoms with Crippen LogP contribution in [0, 0.1) is 0 Å². The molecule has 0 N–H and O–H groups in total. The summed E-state index contributed by atoms with van der Waals surface area (Å²) in [7, 11) is 1.87. The van der Waals surface area contributed by atoms with Crippen LogP contribution in [0.3, 0.4) is 0 Å². The number of carbonyl (C=O) groups is 1. The molecule has 1 aliphatic heterocycles. The van der Waals surface area contributed by atoms with Gasteiger partial charge in [0.05, 0.1) is 18.8 Å². The molecule has 30 heavy (non-hydrogen) atoms.